The number of aryl methyl sites for hydroxylation is 1. The first kappa shape index (κ1) is 25.2. The van der Waals surface area contributed by atoms with Gasteiger partial charge in [-0.15, -0.1) is 0 Å². The number of pyridine rings is 1. The summed E-state index contributed by atoms with van der Waals surface area (Å²) in [7, 11) is 1.86. The number of rotatable bonds is 5. The van der Waals surface area contributed by atoms with Gasteiger partial charge in [0, 0.05) is 25.4 Å². The van der Waals surface area contributed by atoms with Gasteiger partial charge in [-0.2, -0.15) is 0 Å². The van der Waals surface area contributed by atoms with Crippen LogP contribution in [0.5, 0.6) is 5.75 Å². The van der Waals surface area contributed by atoms with Gasteiger partial charge in [-0.1, -0.05) is 62.4 Å². The van der Waals surface area contributed by atoms with Gasteiger partial charge >= 0.3 is 0 Å². The second-order valence-corrected chi connectivity index (χ2v) is 9.81. The average molecular weight is 487 g/mol. The summed E-state index contributed by atoms with van der Waals surface area (Å²) < 4.78 is 17.8. The van der Waals surface area contributed by atoms with Crippen LogP contribution in [0, 0.1) is 18.7 Å². The number of aromatic nitrogens is 1. The van der Waals surface area contributed by atoms with Gasteiger partial charge in [0.2, 0.25) is 5.43 Å². The van der Waals surface area contributed by atoms with E-state index in [9.17, 15) is 14.7 Å². The van der Waals surface area contributed by atoms with Crippen molar-refractivity contribution in [3.05, 3.63) is 105 Å². The summed E-state index contributed by atoms with van der Waals surface area (Å²) in [6.07, 6.45) is 1.50. The molecule has 4 rings (SSSR count). The molecule has 0 spiro atoms. The zero-order chi connectivity index (χ0) is 26.3. The number of Topliss-reactive ketones (excluding diaryl/α,β-unsaturated/α-hetero) is 1. The first-order valence-electron chi connectivity index (χ1n) is 12.0. The molecule has 6 heteroatoms. The van der Waals surface area contributed by atoms with Crippen LogP contribution in [0.4, 0.5) is 4.39 Å². The fourth-order valence-corrected chi connectivity index (χ4v) is 4.91. The lowest BCUT2D eigenvalue weighted by molar-refractivity contribution is 0.101. The molecule has 1 aromatic heterocycles. The Hall–Kier alpha value is -3.93. The molecule has 2 heterocycles. The second-order valence-electron chi connectivity index (χ2n) is 9.81. The Morgan fingerprint density at radius 1 is 1.14 bits per heavy atom. The van der Waals surface area contributed by atoms with Crippen molar-refractivity contribution in [2.24, 2.45) is 5.92 Å². The van der Waals surface area contributed by atoms with Gasteiger partial charge < -0.3 is 14.6 Å². The molecule has 0 bridgehead atoms. The number of allylic oxidation sites excluding steroid dienone is 2. The Bertz CT molecular complexity index is 1470. The molecule has 0 aliphatic carbocycles. The summed E-state index contributed by atoms with van der Waals surface area (Å²) in [6.45, 7) is 12.2. The number of ketones is 1. The van der Waals surface area contributed by atoms with Crippen LogP contribution in [-0.4, -0.2) is 33.9 Å². The van der Waals surface area contributed by atoms with Crippen LogP contribution >= 0.6 is 0 Å². The van der Waals surface area contributed by atoms with Crippen LogP contribution in [0.15, 0.2) is 66.1 Å². The maximum atomic E-state index is 16.0. The molecule has 1 aliphatic heterocycles. The van der Waals surface area contributed by atoms with Crippen molar-refractivity contribution in [1.82, 2.24) is 9.47 Å². The van der Waals surface area contributed by atoms with Crippen molar-refractivity contribution in [3.8, 4) is 5.75 Å². The molecule has 0 saturated heterocycles. The van der Waals surface area contributed by atoms with E-state index in [1.165, 1.54) is 13.1 Å². The standard InChI is InChI=1S/C30H31FN2O3/c1-17(2)25-16-32(6)28(29-27(31)30(36)24(20(5)34)15-33(25)29)26(22-11-8-12-23(35)14-22)19(4)21-10-7-9-18(3)13-21/h7-15,17,25,35H,4,16H2,1-3,5-6H3/b28-26+. The zero-order valence-electron chi connectivity index (χ0n) is 21.3. The van der Waals surface area contributed by atoms with E-state index in [0.717, 1.165) is 11.1 Å². The summed E-state index contributed by atoms with van der Waals surface area (Å²) in [5, 5.41) is 10.3. The zero-order valence-corrected chi connectivity index (χ0v) is 21.3. The van der Waals surface area contributed by atoms with Crippen LogP contribution in [-0.2, 0) is 0 Å². The first-order chi connectivity index (χ1) is 17.0. The fraction of sp³-hybridized carbons (Fsp3) is 0.267. The van der Waals surface area contributed by atoms with Crippen molar-refractivity contribution in [2.75, 3.05) is 13.6 Å². The van der Waals surface area contributed by atoms with Gasteiger partial charge in [0.05, 0.1) is 17.3 Å². The van der Waals surface area contributed by atoms with Crippen molar-refractivity contribution in [3.63, 3.8) is 0 Å². The number of halogens is 1. The van der Waals surface area contributed by atoms with Crippen molar-refractivity contribution in [2.45, 2.75) is 33.7 Å². The maximum absolute atomic E-state index is 16.0. The third kappa shape index (κ3) is 4.39. The number of likely N-dealkylation sites (N-methyl/N-ethyl adjacent to an activating group) is 1. The van der Waals surface area contributed by atoms with Gasteiger partial charge in [0.25, 0.3) is 0 Å². The molecule has 1 N–H and O–H groups in total. The highest BCUT2D eigenvalue weighted by molar-refractivity contribution is 6.14. The molecule has 0 amide bonds. The molecule has 5 nitrogen and oxygen atoms in total. The molecule has 186 valence electrons. The fourth-order valence-electron chi connectivity index (χ4n) is 4.91. The van der Waals surface area contributed by atoms with Crippen molar-refractivity contribution < 1.29 is 14.3 Å². The number of aromatic hydroxyl groups is 1. The van der Waals surface area contributed by atoms with E-state index in [0.29, 0.717) is 29.0 Å². The molecule has 0 fully saturated rings. The lowest BCUT2D eigenvalue weighted by Gasteiger charge is -2.41. The molecule has 36 heavy (non-hydrogen) atoms. The minimum Gasteiger partial charge on any atom is -0.508 e. The normalized spacial score (nSPS) is 16.6. The average Bonchev–Trinajstić information content (AvgIpc) is 2.82. The SMILES string of the molecule is C=C(/C(=C1/c2c(F)c(=O)c(C(C)=O)cn2C(C(C)C)CN1C)c1cccc(O)c1)c1cccc(C)c1. The predicted molar refractivity (Wildman–Crippen MR) is 142 cm³/mol. The van der Waals surface area contributed by atoms with Crippen LogP contribution in [0.25, 0.3) is 16.8 Å². The smallest absolute Gasteiger partial charge is 0.228 e. The van der Waals surface area contributed by atoms with Crippen LogP contribution in [0.3, 0.4) is 0 Å². The number of benzene rings is 2. The Kier molecular flexibility index (Phi) is 6.72. The van der Waals surface area contributed by atoms with Gasteiger partial charge in [-0.25, -0.2) is 4.39 Å². The first-order valence-corrected chi connectivity index (χ1v) is 12.0. The highest BCUT2D eigenvalue weighted by Gasteiger charge is 2.35. The molecule has 1 atom stereocenters. The van der Waals surface area contributed by atoms with E-state index in [4.69, 9.17) is 0 Å². The Balaban J connectivity index is 2.15. The molecule has 0 radical (unpaired) electrons. The van der Waals surface area contributed by atoms with E-state index >= 15 is 4.39 Å². The molecular weight excluding hydrogens is 455 g/mol. The summed E-state index contributed by atoms with van der Waals surface area (Å²) in [5.74, 6) is -1.27. The summed E-state index contributed by atoms with van der Waals surface area (Å²) >= 11 is 0. The highest BCUT2D eigenvalue weighted by Crippen LogP contribution is 2.43. The highest BCUT2D eigenvalue weighted by atomic mass is 19.1. The second kappa shape index (κ2) is 9.61. The summed E-state index contributed by atoms with van der Waals surface area (Å²) in [4.78, 5) is 27.1. The third-order valence-electron chi connectivity index (χ3n) is 6.79. The molecule has 1 aliphatic rings. The minimum absolute atomic E-state index is 0.0611. The maximum Gasteiger partial charge on any atom is 0.228 e. The van der Waals surface area contributed by atoms with Gasteiger partial charge in [0.1, 0.15) is 11.4 Å². The largest absolute Gasteiger partial charge is 0.508 e. The monoisotopic (exact) mass is 486 g/mol. The quantitative estimate of drug-likeness (QED) is 0.454. The number of phenols is 1. The third-order valence-corrected chi connectivity index (χ3v) is 6.79. The molecule has 2 aromatic carbocycles. The number of carbonyl (C=O) groups excluding carboxylic acids is 1. The van der Waals surface area contributed by atoms with E-state index < -0.39 is 17.0 Å². The molecule has 0 saturated carbocycles. The van der Waals surface area contributed by atoms with E-state index in [2.05, 4.69) is 6.58 Å². The Morgan fingerprint density at radius 3 is 2.42 bits per heavy atom. The van der Waals surface area contributed by atoms with Gasteiger partial charge in [-0.3, -0.25) is 9.59 Å². The van der Waals surface area contributed by atoms with E-state index in [1.807, 2.05) is 63.1 Å². The van der Waals surface area contributed by atoms with E-state index in [-0.39, 0.29) is 29.0 Å². The lowest BCUT2D eigenvalue weighted by Crippen LogP contribution is -2.40. The topological polar surface area (TPSA) is 62.5 Å². The number of nitrogens with zero attached hydrogens (tertiary/aromatic N) is 2. The predicted octanol–water partition coefficient (Wildman–Crippen LogP) is 5.93. The van der Waals surface area contributed by atoms with Gasteiger partial charge in [0.15, 0.2) is 11.6 Å². The van der Waals surface area contributed by atoms with E-state index in [1.54, 1.807) is 22.8 Å². The summed E-state index contributed by atoms with van der Waals surface area (Å²) in [6, 6.07) is 14.4. The van der Waals surface area contributed by atoms with Gasteiger partial charge in [-0.05, 0) is 48.6 Å². The number of phenolic OH excluding ortho intramolecular Hbond substituents is 1. The number of fused-ring (bicyclic) bond motifs is 1. The lowest BCUT2D eigenvalue weighted by atomic mass is 9.87. The number of carbonyl (C=O) groups is 1. The number of hydrogen-bond donors (Lipinski definition) is 1. The minimum atomic E-state index is -0.968. The number of hydrogen-bond acceptors (Lipinski definition) is 4. The van der Waals surface area contributed by atoms with Crippen LogP contribution in [0.2, 0.25) is 0 Å². The molecule has 1 unspecified atom stereocenters. The van der Waals surface area contributed by atoms with Crippen LogP contribution < -0.4 is 5.43 Å². The van der Waals surface area contributed by atoms with Crippen molar-refractivity contribution >= 4 is 22.6 Å². The molecule has 3 aromatic rings. The Morgan fingerprint density at radius 2 is 1.81 bits per heavy atom. The Labute approximate surface area is 210 Å². The summed E-state index contributed by atoms with van der Waals surface area (Å²) in [5.41, 5.74) is 3.27. The van der Waals surface area contributed by atoms with Crippen molar-refractivity contribution in [1.29, 1.82) is 0 Å². The molecular formula is C30H31FN2O3. The van der Waals surface area contributed by atoms with Crippen LogP contribution in [0.1, 0.15) is 59.6 Å².